The van der Waals surface area contributed by atoms with Crippen LogP contribution in [0, 0.1) is 5.92 Å². The van der Waals surface area contributed by atoms with Gasteiger partial charge in [-0.3, -0.25) is 4.57 Å². The van der Waals surface area contributed by atoms with E-state index in [2.05, 4.69) is 17.2 Å². The second-order valence-corrected chi connectivity index (χ2v) is 7.56. The quantitative estimate of drug-likeness (QED) is 0.851. The number of ether oxygens (including phenoxy) is 1. The van der Waals surface area contributed by atoms with Gasteiger partial charge in [0, 0.05) is 24.6 Å². The Kier molecular flexibility index (Phi) is 4.27. The molecule has 0 radical (unpaired) electrons. The van der Waals surface area contributed by atoms with Crippen LogP contribution < -0.4 is 5.69 Å². The SMILES string of the molecule is CC(C)n1c([C@H]2OCC[C@H]2C)nn(Cc2noc3c2CCCC3)c1=O. The largest absolute Gasteiger partial charge is 0.370 e. The molecular weight excluding hydrogens is 320 g/mol. The number of nitrogens with zero attached hydrogens (tertiary/aromatic N) is 4. The molecule has 1 aliphatic heterocycles. The van der Waals surface area contributed by atoms with E-state index in [0.717, 1.165) is 56.0 Å². The molecule has 0 amide bonds. The first kappa shape index (κ1) is 16.6. The van der Waals surface area contributed by atoms with Crippen molar-refractivity contribution in [1.29, 1.82) is 0 Å². The minimum absolute atomic E-state index is 0.0406. The molecule has 1 saturated heterocycles. The van der Waals surface area contributed by atoms with Crippen LogP contribution in [-0.2, 0) is 24.1 Å². The summed E-state index contributed by atoms with van der Waals surface area (Å²) < 4.78 is 14.6. The minimum Gasteiger partial charge on any atom is -0.370 e. The number of fused-ring (bicyclic) bond motifs is 1. The molecule has 3 heterocycles. The Morgan fingerprint density at radius 1 is 1.28 bits per heavy atom. The van der Waals surface area contributed by atoms with Gasteiger partial charge >= 0.3 is 5.69 Å². The smallest absolute Gasteiger partial charge is 0.346 e. The van der Waals surface area contributed by atoms with E-state index in [4.69, 9.17) is 9.26 Å². The predicted octanol–water partition coefficient (Wildman–Crippen LogP) is 2.64. The first-order chi connectivity index (χ1) is 12.1. The lowest BCUT2D eigenvalue weighted by Crippen LogP contribution is -2.28. The summed E-state index contributed by atoms with van der Waals surface area (Å²) >= 11 is 0. The second kappa shape index (κ2) is 6.44. The van der Waals surface area contributed by atoms with E-state index in [1.54, 1.807) is 4.57 Å². The highest BCUT2D eigenvalue weighted by molar-refractivity contribution is 5.25. The molecule has 0 aromatic carbocycles. The molecule has 0 saturated carbocycles. The highest BCUT2D eigenvalue weighted by atomic mass is 16.5. The highest BCUT2D eigenvalue weighted by Gasteiger charge is 2.33. The van der Waals surface area contributed by atoms with Gasteiger partial charge < -0.3 is 9.26 Å². The molecule has 4 rings (SSSR count). The highest BCUT2D eigenvalue weighted by Crippen LogP contribution is 2.33. The number of hydrogen-bond donors (Lipinski definition) is 0. The normalized spacial score (nSPS) is 23.4. The maximum atomic E-state index is 12.9. The van der Waals surface area contributed by atoms with Gasteiger partial charge in [-0.05, 0) is 45.4 Å². The first-order valence-corrected chi connectivity index (χ1v) is 9.33. The van der Waals surface area contributed by atoms with Gasteiger partial charge in [0.1, 0.15) is 17.6 Å². The fourth-order valence-corrected chi connectivity index (χ4v) is 3.96. The summed E-state index contributed by atoms with van der Waals surface area (Å²) in [6.07, 6.45) is 5.10. The van der Waals surface area contributed by atoms with Gasteiger partial charge in [-0.1, -0.05) is 12.1 Å². The topological polar surface area (TPSA) is 75.1 Å². The third-order valence-corrected chi connectivity index (χ3v) is 5.39. The average Bonchev–Trinajstić information content (AvgIpc) is 3.26. The molecule has 7 heteroatoms. The predicted molar refractivity (Wildman–Crippen MR) is 91.6 cm³/mol. The van der Waals surface area contributed by atoms with Crippen molar-refractivity contribution >= 4 is 0 Å². The molecule has 1 aliphatic carbocycles. The van der Waals surface area contributed by atoms with Crippen molar-refractivity contribution in [2.24, 2.45) is 5.92 Å². The van der Waals surface area contributed by atoms with Crippen molar-refractivity contribution in [3.05, 3.63) is 33.3 Å². The number of aryl methyl sites for hydroxylation is 1. The van der Waals surface area contributed by atoms with Crippen molar-refractivity contribution in [2.75, 3.05) is 6.61 Å². The summed E-state index contributed by atoms with van der Waals surface area (Å²) in [5.41, 5.74) is 1.92. The Hall–Kier alpha value is -1.89. The molecule has 136 valence electrons. The lowest BCUT2D eigenvalue weighted by Gasteiger charge is -2.16. The Labute approximate surface area is 146 Å². The van der Waals surface area contributed by atoms with Gasteiger partial charge in [-0.15, -0.1) is 0 Å². The van der Waals surface area contributed by atoms with E-state index in [1.165, 1.54) is 10.2 Å². The Bertz CT molecular complexity index is 817. The summed E-state index contributed by atoms with van der Waals surface area (Å²) in [6.45, 7) is 7.26. The van der Waals surface area contributed by atoms with Crippen molar-refractivity contribution in [3.63, 3.8) is 0 Å². The molecule has 2 aliphatic rings. The van der Waals surface area contributed by atoms with Gasteiger partial charge in [-0.2, -0.15) is 5.10 Å². The summed E-state index contributed by atoms with van der Waals surface area (Å²) in [5, 5.41) is 8.86. The van der Waals surface area contributed by atoms with Gasteiger partial charge in [-0.25, -0.2) is 9.48 Å². The fraction of sp³-hybridized carbons (Fsp3) is 0.722. The fourth-order valence-electron chi connectivity index (χ4n) is 3.96. The molecule has 7 nitrogen and oxygen atoms in total. The van der Waals surface area contributed by atoms with Crippen LogP contribution >= 0.6 is 0 Å². The summed E-state index contributed by atoms with van der Waals surface area (Å²) in [4.78, 5) is 12.9. The van der Waals surface area contributed by atoms with Crippen molar-refractivity contribution in [1.82, 2.24) is 19.5 Å². The summed E-state index contributed by atoms with van der Waals surface area (Å²) in [6, 6.07) is 0.0406. The van der Waals surface area contributed by atoms with Crippen LogP contribution in [0.5, 0.6) is 0 Å². The van der Waals surface area contributed by atoms with E-state index in [0.29, 0.717) is 12.5 Å². The average molecular weight is 346 g/mol. The van der Waals surface area contributed by atoms with Crippen LogP contribution in [0.3, 0.4) is 0 Å². The number of aromatic nitrogens is 4. The van der Waals surface area contributed by atoms with Gasteiger partial charge in [0.15, 0.2) is 5.82 Å². The maximum Gasteiger partial charge on any atom is 0.346 e. The lowest BCUT2D eigenvalue weighted by atomic mass is 9.96. The van der Waals surface area contributed by atoms with Crippen LogP contribution in [0.15, 0.2) is 9.32 Å². The van der Waals surface area contributed by atoms with E-state index in [-0.39, 0.29) is 17.8 Å². The maximum absolute atomic E-state index is 12.9. The van der Waals surface area contributed by atoms with E-state index < -0.39 is 0 Å². The van der Waals surface area contributed by atoms with Crippen LogP contribution in [0.2, 0.25) is 0 Å². The molecule has 0 spiro atoms. The summed E-state index contributed by atoms with van der Waals surface area (Å²) in [7, 11) is 0. The van der Waals surface area contributed by atoms with E-state index in [1.807, 2.05) is 13.8 Å². The summed E-state index contributed by atoms with van der Waals surface area (Å²) in [5.74, 6) is 2.08. The van der Waals surface area contributed by atoms with Crippen LogP contribution in [-0.4, -0.2) is 26.1 Å². The van der Waals surface area contributed by atoms with Crippen LogP contribution in [0.4, 0.5) is 0 Å². The molecular formula is C18H26N4O3. The molecule has 0 unspecified atom stereocenters. The van der Waals surface area contributed by atoms with E-state index >= 15 is 0 Å². The Morgan fingerprint density at radius 3 is 2.80 bits per heavy atom. The third kappa shape index (κ3) is 2.84. The second-order valence-electron chi connectivity index (χ2n) is 7.56. The zero-order valence-electron chi connectivity index (χ0n) is 15.2. The molecule has 25 heavy (non-hydrogen) atoms. The molecule has 2 atom stereocenters. The third-order valence-electron chi connectivity index (χ3n) is 5.39. The monoisotopic (exact) mass is 346 g/mol. The van der Waals surface area contributed by atoms with Crippen molar-refractivity contribution in [3.8, 4) is 0 Å². The van der Waals surface area contributed by atoms with Gasteiger partial charge in [0.05, 0.1) is 6.54 Å². The molecule has 0 bridgehead atoms. The minimum atomic E-state index is -0.109. The number of hydrogen-bond acceptors (Lipinski definition) is 5. The standard InChI is InChI=1S/C18H26N4O3/c1-11(2)22-17(16-12(3)8-9-24-16)19-21(18(22)23)10-14-13-6-4-5-7-15(13)25-20-14/h11-12,16H,4-10H2,1-3H3/t12-,16+/m1/s1. The van der Waals surface area contributed by atoms with Gasteiger partial charge in [0.2, 0.25) is 0 Å². The zero-order valence-corrected chi connectivity index (χ0v) is 15.2. The van der Waals surface area contributed by atoms with Crippen LogP contribution in [0.1, 0.15) is 75.0 Å². The first-order valence-electron chi connectivity index (χ1n) is 9.33. The van der Waals surface area contributed by atoms with E-state index in [9.17, 15) is 4.79 Å². The van der Waals surface area contributed by atoms with Gasteiger partial charge in [0.25, 0.3) is 0 Å². The van der Waals surface area contributed by atoms with Crippen LogP contribution in [0.25, 0.3) is 0 Å². The molecule has 1 fully saturated rings. The zero-order chi connectivity index (χ0) is 17.6. The Balaban J connectivity index is 1.71. The van der Waals surface area contributed by atoms with Crippen molar-refractivity contribution in [2.45, 2.75) is 71.6 Å². The van der Waals surface area contributed by atoms with Crippen molar-refractivity contribution < 1.29 is 9.26 Å². The molecule has 2 aromatic heterocycles. The molecule has 2 aromatic rings. The number of rotatable bonds is 4. The lowest BCUT2D eigenvalue weighted by molar-refractivity contribution is 0.0825. The Morgan fingerprint density at radius 2 is 2.08 bits per heavy atom. The molecule has 0 N–H and O–H groups in total.